The highest BCUT2D eigenvalue weighted by molar-refractivity contribution is 6.33. The van der Waals surface area contributed by atoms with E-state index >= 15 is 0 Å². The molecule has 0 spiro atoms. The van der Waals surface area contributed by atoms with Gasteiger partial charge in [0.1, 0.15) is 5.02 Å². The van der Waals surface area contributed by atoms with Gasteiger partial charge in [-0.2, -0.15) is 0 Å². The molecule has 0 aliphatic heterocycles. The normalized spacial score (nSPS) is 17.9. The van der Waals surface area contributed by atoms with E-state index in [2.05, 4.69) is 12.2 Å². The van der Waals surface area contributed by atoms with Crippen LogP contribution >= 0.6 is 11.6 Å². The predicted octanol–water partition coefficient (Wildman–Crippen LogP) is 4.33. The maximum absolute atomic E-state index is 12.9. The first kappa shape index (κ1) is 23.4. The molecule has 0 radical (unpaired) electrons. The van der Waals surface area contributed by atoms with Crippen LogP contribution < -0.4 is 5.32 Å². The highest BCUT2D eigenvalue weighted by Gasteiger charge is 2.25. The van der Waals surface area contributed by atoms with Gasteiger partial charge in [-0.05, 0) is 37.0 Å². The third kappa shape index (κ3) is 5.50. The Balaban J connectivity index is 1.71. The monoisotopic (exact) mass is 458 g/mol. The van der Waals surface area contributed by atoms with E-state index in [-0.39, 0.29) is 27.8 Å². The minimum Gasteiger partial charge on any atom is -0.452 e. The molecule has 0 saturated heterocycles. The van der Waals surface area contributed by atoms with Gasteiger partial charge in [-0.25, -0.2) is 4.79 Å². The molecule has 2 aromatic rings. The molecule has 32 heavy (non-hydrogen) atoms. The molecule has 168 valence electrons. The molecule has 9 heteroatoms. The first-order valence-electron chi connectivity index (χ1n) is 10.3. The van der Waals surface area contributed by atoms with E-state index < -0.39 is 34.9 Å². The summed E-state index contributed by atoms with van der Waals surface area (Å²) < 4.78 is 5.14. The van der Waals surface area contributed by atoms with Crippen LogP contribution in [0.15, 0.2) is 42.5 Å². The number of rotatable bonds is 7. The molecule has 0 heterocycles. The number of ketones is 1. The number of carbonyl (C=O) groups excluding carboxylic acids is 3. The smallest absolute Gasteiger partial charge is 0.339 e. The Morgan fingerprint density at radius 3 is 2.50 bits per heavy atom. The molecule has 0 unspecified atom stereocenters. The van der Waals surface area contributed by atoms with Crippen molar-refractivity contribution in [3.8, 4) is 0 Å². The van der Waals surface area contributed by atoms with Crippen molar-refractivity contribution in [2.45, 2.75) is 38.6 Å². The number of nitro groups is 1. The first-order chi connectivity index (χ1) is 15.3. The number of hydrogen-bond donors (Lipinski definition) is 1. The fourth-order valence-corrected chi connectivity index (χ4v) is 3.98. The van der Waals surface area contributed by atoms with Gasteiger partial charge in [-0.3, -0.25) is 19.7 Å². The van der Waals surface area contributed by atoms with Crippen molar-refractivity contribution in [2.75, 3.05) is 6.61 Å². The van der Waals surface area contributed by atoms with Crippen molar-refractivity contribution in [3.63, 3.8) is 0 Å². The Kier molecular flexibility index (Phi) is 7.58. The summed E-state index contributed by atoms with van der Waals surface area (Å²) in [6.07, 6.45) is 4.13. The number of carbonyl (C=O) groups is 3. The third-order valence-electron chi connectivity index (χ3n) is 5.59. The van der Waals surface area contributed by atoms with E-state index in [0.717, 1.165) is 31.7 Å². The maximum atomic E-state index is 12.9. The zero-order chi connectivity index (χ0) is 23.3. The number of hydrogen-bond acceptors (Lipinski definition) is 6. The standard InChI is InChI=1S/C23H23ClN2O6/c1-14-6-2-5-9-19(14)25-21(27)13-32-23(29)17-8-4-3-7-16(17)22(28)15-10-11-18(24)20(12-15)26(30)31/h3-4,7-8,10-12,14,19H,2,5-6,9,13H2,1H3,(H,25,27)/t14-,19-/m1/s1. The molecule has 1 amide bonds. The van der Waals surface area contributed by atoms with E-state index in [9.17, 15) is 24.5 Å². The van der Waals surface area contributed by atoms with Crippen molar-refractivity contribution in [2.24, 2.45) is 5.92 Å². The number of amides is 1. The van der Waals surface area contributed by atoms with Gasteiger partial charge in [0.2, 0.25) is 0 Å². The Hall–Kier alpha value is -3.26. The van der Waals surface area contributed by atoms with Crippen molar-refractivity contribution >= 4 is 34.9 Å². The molecule has 2 atom stereocenters. The lowest BCUT2D eigenvalue weighted by molar-refractivity contribution is -0.384. The number of nitrogens with zero attached hydrogens (tertiary/aromatic N) is 1. The van der Waals surface area contributed by atoms with Crippen molar-refractivity contribution in [3.05, 3.63) is 74.3 Å². The van der Waals surface area contributed by atoms with Crippen LogP contribution in [0.25, 0.3) is 0 Å². The summed E-state index contributed by atoms with van der Waals surface area (Å²) in [6, 6.07) is 9.66. The quantitative estimate of drug-likeness (QED) is 0.285. The van der Waals surface area contributed by atoms with Gasteiger partial charge in [0.25, 0.3) is 11.6 Å². The van der Waals surface area contributed by atoms with Crippen molar-refractivity contribution < 1.29 is 24.0 Å². The molecule has 1 fully saturated rings. The largest absolute Gasteiger partial charge is 0.452 e. The second kappa shape index (κ2) is 10.4. The predicted molar refractivity (Wildman–Crippen MR) is 118 cm³/mol. The fraction of sp³-hybridized carbons (Fsp3) is 0.348. The Morgan fingerprint density at radius 1 is 1.12 bits per heavy atom. The Bertz CT molecular complexity index is 1050. The topological polar surface area (TPSA) is 116 Å². The van der Waals surface area contributed by atoms with Gasteiger partial charge < -0.3 is 10.1 Å². The number of ether oxygens (including phenoxy) is 1. The molecular formula is C23H23ClN2O6. The summed E-state index contributed by atoms with van der Waals surface area (Å²) in [5.74, 6) is -1.46. The van der Waals surface area contributed by atoms with Gasteiger partial charge in [-0.1, -0.05) is 49.6 Å². The number of esters is 1. The molecule has 8 nitrogen and oxygen atoms in total. The van der Waals surface area contributed by atoms with Gasteiger partial charge in [0.15, 0.2) is 12.4 Å². The fourth-order valence-electron chi connectivity index (χ4n) is 3.80. The second-order valence-electron chi connectivity index (χ2n) is 7.81. The van der Waals surface area contributed by atoms with Crippen LogP contribution in [-0.4, -0.2) is 35.2 Å². The average molecular weight is 459 g/mol. The molecule has 3 rings (SSSR count). The van der Waals surface area contributed by atoms with Crippen LogP contribution in [0.3, 0.4) is 0 Å². The lowest BCUT2D eigenvalue weighted by atomic mass is 9.86. The molecule has 1 N–H and O–H groups in total. The minimum absolute atomic E-state index is 0.00498. The van der Waals surface area contributed by atoms with E-state index in [4.69, 9.17) is 16.3 Å². The zero-order valence-corrected chi connectivity index (χ0v) is 18.3. The number of nitrogens with one attached hydrogen (secondary N) is 1. The highest BCUT2D eigenvalue weighted by Crippen LogP contribution is 2.27. The summed E-state index contributed by atoms with van der Waals surface area (Å²) in [7, 11) is 0. The number of halogens is 1. The van der Waals surface area contributed by atoms with Gasteiger partial charge in [0, 0.05) is 23.2 Å². The summed E-state index contributed by atoms with van der Waals surface area (Å²) in [5, 5.41) is 13.9. The lowest BCUT2D eigenvalue weighted by Crippen LogP contribution is -2.42. The Labute approximate surface area is 190 Å². The number of benzene rings is 2. The highest BCUT2D eigenvalue weighted by atomic mass is 35.5. The summed E-state index contributed by atoms with van der Waals surface area (Å²) in [4.78, 5) is 48.2. The van der Waals surface area contributed by atoms with Gasteiger partial charge >= 0.3 is 5.97 Å². The minimum atomic E-state index is -0.829. The van der Waals surface area contributed by atoms with Crippen LogP contribution in [-0.2, 0) is 9.53 Å². The molecule has 2 aromatic carbocycles. The summed E-state index contributed by atoms with van der Waals surface area (Å²) in [5.41, 5.74) is -0.430. The second-order valence-corrected chi connectivity index (χ2v) is 8.22. The van der Waals surface area contributed by atoms with Crippen LogP contribution in [0.4, 0.5) is 5.69 Å². The van der Waals surface area contributed by atoms with E-state index in [1.54, 1.807) is 12.1 Å². The molecular weight excluding hydrogens is 436 g/mol. The third-order valence-corrected chi connectivity index (χ3v) is 5.91. The maximum Gasteiger partial charge on any atom is 0.339 e. The van der Waals surface area contributed by atoms with E-state index in [1.165, 1.54) is 24.3 Å². The molecule has 0 aromatic heterocycles. The van der Waals surface area contributed by atoms with Crippen LogP contribution in [0.1, 0.15) is 58.9 Å². The van der Waals surface area contributed by atoms with Crippen LogP contribution in [0, 0.1) is 16.0 Å². The van der Waals surface area contributed by atoms with Crippen molar-refractivity contribution in [1.29, 1.82) is 0 Å². The SMILES string of the molecule is C[C@@H]1CCCC[C@H]1NC(=O)COC(=O)c1ccccc1C(=O)c1ccc(Cl)c([N+](=O)[O-])c1. The Morgan fingerprint density at radius 2 is 1.81 bits per heavy atom. The molecule has 1 saturated carbocycles. The molecule has 0 bridgehead atoms. The van der Waals surface area contributed by atoms with Gasteiger partial charge in [0.05, 0.1) is 10.5 Å². The van der Waals surface area contributed by atoms with Gasteiger partial charge in [-0.15, -0.1) is 0 Å². The summed E-state index contributed by atoms with van der Waals surface area (Å²) in [6.45, 7) is 1.62. The van der Waals surface area contributed by atoms with E-state index in [1.807, 2.05) is 0 Å². The molecule has 1 aliphatic rings. The average Bonchev–Trinajstić information content (AvgIpc) is 2.78. The van der Waals surface area contributed by atoms with Crippen molar-refractivity contribution in [1.82, 2.24) is 5.32 Å². The zero-order valence-electron chi connectivity index (χ0n) is 17.5. The van der Waals surface area contributed by atoms with Crippen LogP contribution in [0.5, 0.6) is 0 Å². The van der Waals surface area contributed by atoms with Crippen LogP contribution in [0.2, 0.25) is 5.02 Å². The lowest BCUT2D eigenvalue weighted by Gasteiger charge is -2.29. The molecule has 1 aliphatic carbocycles. The first-order valence-corrected chi connectivity index (χ1v) is 10.7. The summed E-state index contributed by atoms with van der Waals surface area (Å²) >= 11 is 5.81. The van der Waals surface area contributed by atoms with E-state index in [0.29, 0.717) is 5.92 Å². The number of nitro benzene ring substituents is 1.